The van der Waals surface area contributed by atoms with Crippen molar-refractivity contribution in [3.63, 3.8) is 0 Å². The van der Waals surface area contributed by atoms with Gasteiger partial charge in [0.15, 0.2) is 5.69 Å². The molecule has 21 heavy (non-hydrogen) atoms. The highest BCUT2D eigenvalue weighted by molar-refractivity contribution is 8.13. The molecule has 1 heterocycles. The number of nitrogens with zero attached hydrogens (tertiary/aromatic N) is 2. The Morgan fingerprint density at radius 1 is 1.48 bits per heavy atom. The summed E-state index contributed by atoms with van der Waals surface area (Å²) in [5, 5.41) is 6.53. The van der Waals surface area contributed by atoms with Gasteiger partial charge in [-0.15, -0.1) is 0 Å². The first-order chi connectivity index (χ1) is 9.71. The van der Waals surface area contributed by atoms with Gasteiger partial charge in [0, 0.05) is 24.3 Å². The van der Waals surface area contributed by atoms with E-state index in [9.17, 15) is 13.2 Å². The van der Waals surface area contributed by atoms with Gasteiger partial charge >= 0.3 is 0 Å². The fourth-order valence-electron chi connectivity index (χ4n) is 2.45. The van der Waals surface area contributed by atoms with E-state index in [1.165, 1.54) is 11.3 Å². The highest BCUT2D eigenvalue weighted by atomic mass is 35.7. The molecular formula is C13H20ClN3O3S. The number of nitrogens with one attached hydrogen (secondary N) is 1. The fraction of sp³-hybridized carbons (Fsp3) is 0.692. The van der Waals surface area contributed by atoms with Crippen LogP contribution in [0.3, 0.4) is 0 Å². The molecule has 1 aromatic rings. The van der Waals surface area contributed by atoms with Gasteiger partial charge in [-0.05, 0) is 24.7 Å². The molecule has 8 heteroatoms. The van der Waals surface area contributed by atoms with Gasteiger partial charge in [-0.3, -0.25) is 9.89 Å². The number of H-pyrrole nitrogens is 1. The van der Waals surface area contributed by atoms with Crippen molar-refractivity contribution in [2.45, 2.75) is 43.9 Å². The lowest BCUT2D eigenvalue weighted by Crippen LogP contribution is -2.35. The van der Waals surface area contributed by atoms with Crippen LogP contribution in [0.2, 0.25) is 0 Å². The molecule has 1 aliphatic rings. The number of rotatable bonds is 5. The summed E-state index contributed by atoms with van der Waals surface area (Å²) in [6.45, 7) is 4.24. The number of carbonyl (C=O) groups excluding carboxylic acids is 1. The first-order valence-electron chi connectivity index (χ1n) is 7.00. The van der Waals surface area contributed by atoms with E-state index in [4.69, 9.17) is 10.7 Å². The summed E-state index contributed by atoms with van der Waals surface area (Å²) in [5.41, 5.74) is 0.251. The molecular weight excluding hydrogens is 314 g/mol. The van der Waals surface area contributed by atoms with E-state index in [1.54, 1.807) is 7.05 Å². The highest BCUT2D eigenvalue weighted by Crippen LogP contribution is 2.30. The van der Waals surface area contributed by atoms with Gasteiger partial charge in [0.25, 0.3) is 15.0 Å². The predicted molar refractivity (Wildman–Crippen MR) is 80.0 cm³/mol. The van der Waals surface area contributed by atoms with Crippen LogP contribution in [0.25, 0.3) is 0 Å². The minimum Gasteiger partial charge on any atom is -0.340 e. The van der Waals surface area contributed by atoms with Gasteiger partial charge in [0.05, 0.1) is 5.69 Å². The zero-order valence-corrected chi connectivity index (χ0v) is 14.0. The Morgan fingerprint density at radius 2 is 2.10 bits per heavy atom. The lowest BCUT2D eigenvalue weighted by Gasteiger charge is -2.29. The molecule has 1 saturated carbocycles. The summed E-state index contributed by atoms with van der Waals surface area (Å²) in [5.74, 6) is -0.0395. The zero-order chi connectivity index (χ0) is 15.8. The molecule has 0 aromatic carbocycles. The number of halogens is 1. The number of aromatic amines is 1. The van der Waals surface area contributed by atoms with Crippen molar-refractivity contribution in [1.29, 1.82) is 0 Å². The molecule has 0 spiro atoms. The number of aromatic nitrogens is 2. The summed E-state index contributed by atoms with van der Waals surface area (Å²) >= 11 is 0. The van der Waals surface area contributed by atoms with E-state index in [-0.39, 0.29) is 16.5 Å². The maximum atomic E-state index is 12.4. The van der Waals surface area contributed by atoms with E-state index in [0.29, 0.717) is 18.2 Å². The Labute approximate surface area is 129 Å². The van der Waals surface area contributed by atoms with Crippen molar-refractivity contribution in [3.05, 3.63) is 11.4 Å². The van der Waals surface area contributed by atoms with Crippen molar-refractivity contribution in [2.75, 3.05) is 13.6 Å². The third-order valence-corrected chi connectivity index (χ3v) is 5.24. The molecule has 0 saturated heterocycles. The van der Waals surface area contributed by atoms with Crippen molar-refractivity contribution in [3.8, 4) is 0 Å². The molecule has 0 aliphatic heterocycles. The van der Waals surface area contributed by atoms with Crippen molar-refractivity contribution < 1.29 is 13.2 Å². The van der Waals surface area contributed by atoms with Crippen molar-refractivity contribution in [2.24, 2.45) is 5.92 Å². The largest absolute Gasteiger partial charge is 0.340 e. The van der Waals surface area contributed by atoms with Crippen molar-refractivity contribution >= 4 is 25.6 Å². The molecule has 2 rings (SSSR count). The summed E-state index contributed by atoms with van der Waals surface area (Å²) < 4.78 is 23.6. The minimum atomic E-state index is -4.03. The number of carbonyl (C=O) groups is 1. The topological polar surface area (TPSA) is 83.1 Å². The maximum Gasteiger partial charge on any atom is 0.275 e. The normalized spacial score (nSPS) is 16.0. The van der Waals surface area contributed by atoms with Crippen LogP contribution in [-0.2, 0) is 9.05 Å². The third-order valence-electron chi connectivity index (χ3n) is 3.88. The first-order valence-corrected chi connectivity index (χ1v) is 9.31. The Kier molecular flexibility index (Phi) is 4.63. The maximum absolute atomic E-state index is 12.4. The summed E-state index contributed by atoms with van der Waals surface area (Å²) in [4.78, 5) is 13.8. The molecule has 0 unspecified atom stereocenters. The van der Waals surface area contributed by atoms with Crippen LogP contribution in [0.1, 0.15) is 55.2 Å². The third kappa shape index (κ3) is 3.40. The Hall–Kier alpha value is -1.08. The fourth-order valence-corrected chi connectivity index (χ4v) is 3.83. The number of hydrogen-bond acceptors (Lipinski definition) is 4. The molecule has 1 amide bonds. The SMILES string of the molecule is CC(C)c1[nH]nc(C(=O)N(C)CC2CCC2)c1S(=O)(=O)Cl. The molecule has 1 N–H and O–H groups in total. The zero-order valence-electron chi connectivity index (χ0n) is 12.4. The monoisotopic (exact) mass is 333 g/mol. The molecule has 6 nitrogen and oxygen atoms in total. The second-order valence-corrected chi connectivity index (χ2v) is 8.39. The average Bonchev–Trinajstić information content (AvgIpc) is 2.77. The van der Waals surface area contributed by atoms with E-state index in [0.717, 1.165) is 12.8 Å². The van der Waals surface area contributed by atoms with Crippen molar-refractivity contribution in [1.82, 2.24) is 15.1 Å². The Balaban J connectivity index is 2.32. The van der Waals surface area contributed by atoms with E-state index in [2.05, 4.69) is 10.2 Å². The standard InChI is InChI=1S/C13H20ClN3O3S/c1-8(2)10-12(21(14,19)20)11(16-15-10)13(18)17(3)7-9-5-4-6-9/h8-9H,4-7H2,1-3H3,(H,15,16). The van der Waals surface area contributed by atoms with Crippen LogP contribution in [-0.4, -0.2) is 43.0 Å². The Morgan fingerprint density at radius 3 is 2.52 bits per heavy atom. The number of amides is 1. The highest BCUT2D eigenvalue weighted by Gasteiger charge is 2.32. The molecule has 1 fully saturated rings. The van der Waals surface area contributed by atoms with Gasteiger partial charge in [-0.25, -0.2) is 8.42 Å². The van der Waals surface area contributed by atoms with Gasteiger partial charge in [0.1, 0.15) is 4.90 Å². The summed E-state index contributed by atoms with van der Waals surface area (Å²) in [6.07, 6.45) is 3.40. The lowest BCUT2D eigenvalue weighted by atomic mass is 9.85. The molecule has 1 aliphatic carbocycles. The Bertz CT molecular complexity index is 635. The smallest absolute Gasteiger partial charge is 0.275 e. The first kappa shape index (κ1) is 16.3. The van der Waals surface area contributed by atoms with E-state index >= 15 is 0 Å². The molecule has 0 radical (unpaired) electrons. The van der Waals surface area contributed by atoms with Gasteiger partial charge in [0.2, 0.25) is 0 Å². The molecule has 0 bridgehead atoms. The van der Waals surface area contributed by atoms with Crippen LogP contribution < -0.4 is 0 Å². The van der Waals surface area contributed by atoms with Crippen LogP contribution in [0.4, 0.5) is 0 Å². The lowest BCUT2D eigenvalue weighted by molar-refractivity contribution is 0.0735. The van der Waals surface area contributed by atoms with E-state index < -0.39 is 15.0 Å². The number of hydrogen-bond donors (Lipinski definition) is 1. The molecule has 1 aromatic heterocycles. The average molecular weight is 334 g/mol. The molecule has 0 atom stereocenters. The van der Waals surface area contributed by atoms with Gasteiger partial charge in [-0.2, -0.15) is 5.10 Å². The van der Waals surface area contributed by atoms with Crippen LogP contribution >= 0.6 is 10.7 Å². The quantitative estimate of drug-likeness (QED) is 0.838. The van der Waals surface area contributed by atoms with Crippen LogP contribution in [0.5, 0.6) is 0 Å². The second-order valence-electron chi connectivity index (χ2n) is 5.89. The van der Waals surface area contributed by atoms with E-state index in [1.807, 2.05) is 13.8 Å². The summed E-state index contributed by atoms with van der Waals surface area (Å²) in [6, 6.07) is 0. The predicted octanol–water partition coefficient (Wildman–Crippen LogP) is 2.33. The summed E-state index contributed by atoms with van der Waals surface area (Å²) in [7, 11) is 3.12. The van der Waals surface area contributed by atoms with Gasteiger partial charge < -0.3 is 4.90 Å². The second kappa shape index (κ2) is 5.96. The minimum absolute atomic E-state index is 0.115. The van der Waals surface area contributed by atoms with Crippen LogP contribution in [0, 0.1) is 5.92 Å². The molecule has 118 valence electrons. The van der Waals surface area contributed by atoms with Crippen LogP contribution in [0.15, 0.2) is 4.90 Å². The van der Waals surface area contributed by atoms with Gasteiger partial charge in [-0.1, -0.05) is 20.3 Å².